The molecule has 0 atom stereocenters. The van der Waals surface area contributed by atoms with Gasteiger partial charge in [-0.3, -0.25) is 0 Å². The Bertz CT molecular complexity index is 993. The summed E-state index contributed by atoms with van der Waals surface area (Å²) in [5, 5.41) is 0. The summed E-state index contributed by atoms with van der Waals surface area (Å²) in [6, 6.07) is 12.1. The molecule has 0 N–H and O–H groups in total. The minimum absolute atomic E-state index is 0.159. The molecular weight excluding hydrogens is 390 g/mol. The fourth-order valence-corrected chi connectivity index (χ4v) is 2.62. The van der Waals surface area contributed by atoms with E-state index in [1.54, 1.807) is 55.7 Å². The minimum Gasteiger partial charge on any atom is -0.497 e. The Hall–Kier alpha value is -3.81. The van der Waals surface area contributed by atoms with Crippen LogP contribution < -0.4 is 14.2 Å². The zero-order valence-corrected chi connectivity index (χ0v) is 16.8. The van der Waals surface area contributed by atoms with Crippen molar-refractivity contribution >= 4 is 23.9 Å². The summed E-state index contributed by atoms with van der Waals surface area (Å²) in [6.07, 6.45) is 1.59. The Morgan fingerprint density at radius 3 is 2.50 bits per heavy atom. The van der Waals surface area contributed by atoms with Gasteiger partial charge in [0.2, 0.25) is 5.90 Å². The average molecular weight is 411 g/mol. The molecule has 1 heterocycles. The second-order valence-corrected chi connectivity index (χ2v) is 6.07. The smallest absolute Gasteiger partial charge is 0.363 e. The summed E-state index contributed by atoms with van der Waals surface area (Å²) in [5.74, 6) is 0.680. The predicted octanol–water partition coefficient (Wildman–Crippen LogP) is 2.99. The molecule has 1 aliphatic rings. The van der Waals surface area contributed by atoms with Crippen molar-refractivity contribution in [2.75, 3.05) is 27.4 Å². The molecule has 0 spiro atoms. The topological polar surface area (TPSA) is 92.6 Å². The number of nitrogens with zero attached hydrogens (tertiary/aromatic N) is 1. The first-order chi connectivity index (χ1) is 14.5. The van der Waals surface area contributed by atoms with E-state index in [1.165, 1.54) is 7.11 Å². The van der Waals surface area contributed by atoms with Crippen LogP contribution in [0.15, 0.2) is 53.2 Å². The van der Waals surface area contributed by atoms with Crippen molar-refractivity contribution in [1.82, 2.24) is 0 Å². The van der Waals surface area contributed by atoms with Crippen LogP contribution in [0.4, 0.5) is 0 Å². The Balaban J connectivity index is 1.83. The van der Waals surface area contributed by atoms with E-state index in [0.717, 1.165) is 0 Å². The monoisotopic (exact) mass is 411 g/mol. The molecule has 8 nitrogen and oxygen atoms in total. The molecule has 0 unspecified atom stereocenters. The highest BCUT2D eigenvalue weighted by Crippen LogP contribution is 2.30. The Morgan fingerprint density at radius 1 is 1.07 bits per heavy atom. The van der Waals surface area contributed by atoms with Gasteiger partial charge in [0.15, 0.2) is 23.8 Å². The van der Waals surface area contributed by atoms with Gasteiger partial charge in [-0.25, -0.2) is 14.6 Å². The lowest BCUT2D eigenvalue weighted by Gasteiger charge is -2.11. The quantitative estimate of drug-likeness (QED) is 0.487. The van der Waals surface area contributed by atoms with Crippen LogP contribution in [0.2, 0.25) is 0 Å². The molecular formula is C22H21NO7. The number of rotatable bonds is 8. The third-order valence-corrected chi connectivity index (χ3v) is 4.10. The van der Waals surface area contributed by atoms with E-state index in [0.29, 0.717) is 35.0 Å². The molecule has 1 aliphatic heterocycles. The number of benzene rings is 2. The van der Waals surface area contributed by atoms with Gasteiger partial charge in [0.1, 0.15) is 5.75 Å². The van der Waals surface area contributed by atoms with Gasteiger partial charge in [0, 0.05) is 5.56 Å². The predicted molar refractivity (Wildman–Crippen MR) is 109 cm³/mol. The molecule has 0 aliphatic carbocycles. The molecule has 0 amide bonds. The van der Waals surface area contributed by atoms with Crippen molar-refractivity contribution in [3.63, 3.8) is 0 Å². The zero-order valence-electron chi connectivity index (χ0n) is 16.8. The molecule has 30 heavy (non-hydrogen) atoms. The number of carbonyl (C=O) groups is 2. The van der Waals surface area contributed by atoms with Gasteiger partial charge in [0.05, 0.1) is 20.8 Å². The van der Waals surface area contributed by atoms with Crippen LogP contribution in [0.25, 0.3) is 6.08 Å². The third-order valence-electron chi connectivity index (χ3n) is 4.10. The SMILES string of the molecule is CCOc1cc(C=C2N=C(c3ccc(OC)cc3)OC2=O)ccc1OCC(=O)OC. The molecule has 2 aromatic rings. The first kappa shape index (κ1) is 20.9. The summed E-state index contributed by atoms with van der Waals surface area (Å²) in [6.45, 7) is 1.99. The van der Waals surface area contributed by atoms with Gasteiger partial charge in [-0.1, -0.05) is 6.07 Å². The van der Waals surface area contributed by atoms with Crippen LogP contribution in [0, 0.1) is 0 Å². The highest BCUT2D eigenvalue weighted by atomic mass is 16.6. The maximum absolute atomic E-state index is 12.2. The number of methoxy groups -OCH3 is 2. The zero-order chi connectivity index (χ0) is 21.5. The van der Waals surface area contributed by atoms with Crippen LogP contribution in [0.3, 0.4) is 0 Å². The lowest BCUT2D eigenvalue weighted by Crippen LogP contribution is -2.13. The highest BCUT2D eigenvalue weighted by molar-refractivity contribution is 6.12. The van der Waals surface area contributed by atoms with Gasteiger partial charge < -0.3 is 23.7 Å². The fraction of sp³-hybridized carbons (Fsp3) is 0.227. The second kappa shape index (κ2) is 9.60. The minimum atomic E-state index is -0.551. The Kier molecular flexibility index (Phi) is 6.69. The maximum atomic E-state index is 12.2. The molecule has 0 saturated heterocycles. The number of esters is 2. The van der Waals surface area contributed by atoms with E-state index < -0.39 is 11.9 Å². The van der Waals surface area contributed by atoms with Crippen LogP contribution in [-0.2, 0) is 19.1 Å². The molecule has 156 valence electrons. The number of cyclic esters (lactones) is 1. The van der Waals surface area contributed by atoms with E-state index in [1.807, 2.05) is 6.92 Å². The number of carbonyl (C=O) groups excluding carboxylic acids is 2. The van der Waals surface area contributed by atoms with E-state index in [-0.39, 0.29) is 18.2 Å². The van der Waals surface area contributed by atoms with Crippen LogP contribution in [0.1, 0.15) is 18.1 Å². The summed E-state index contributed by atoms with van der Waals surface area (Å²) in [5.41, 5.74) is 1.48. The van der Waals surface area contributed by atoms with E-state index >= 15 is 0 Å². The molecule has 8 heteroatoms. The van der Waals surface area contributed by atoms with E-state index in [2.05, 4.69) is 9.73 Å². The second-order valence-electron chi connectivity index (χ2n) is 6.07. The standard InChI is InChI=1S/C22H21NO7/c1-4-28-19-12-14(5-10-18(19)29-13-20(24)27-3)11-17-22(25)30-21(23-17)15-6-8-16(26-2)9-7-15/h5-12H,4,13H2,1-3H3. The normalized spacial score (nSPS) is 14.2. The van der Waals surface area contributed by atoms with Crippen LogP contribution in [0.5, 0.6) is 17.2 Å². The van der Waals surface area contributed by atoms with Crippen LogP contribution in [-0.4, -0.2) is 45.3 Å². The fourth-order valence-electron chi connectivity index (χ4n) is 2.62. The summed E-state index contributed by atoms with van der Waals surface area (Å²) in [7, 11) is 2.86. The number of aliphatic imine (C=N–C) groups is 1. The van der Waals surface area contributed by atoms with Gasteiger partial charge in [0.25, 0.3) is 0 Å². The Labute approximate surface area is 173 Å². The van der Waals surface area contributed by atoms with Crippen molar-refractivity contribution in [3.05, 3.63) is 59.3 Å². The van der Waals surface area contributed by atoms with Gasteiger partial charge in [-0.2, -0.15) is 0 Å². The molecule has 0 radical (unpaired) electrons. The van der Waals surface area contributed by atoms with Gasteiger partial charge in [-0.05, 0) is 55.0 Å². The number of ether oxygens (including phenoxy) is 5. The largest absolute Gasteiger partial charge is 0.497 e. The molecule has 0 bridgehead atoms. The summed E-state index contributed by atoms with van der Waals surface area (Å²) < 4.78 is 26.0. The lowest BCUT2D eigenvalue weighted by molar-refractivity contribution is -0.143. The van der Waals surface area contributed by atoms with Gasteiger partial charge in [-0.15, -0.1) is 0 Å². The molecule has 3 rings (SSSR count). The van der Waals surface area contributed by atoms with Crippen molar-refractivity contribution < 1.29 is 33.3 Å². The first-order valence-electron chi connectivity index (χ1n) is 9.17. The van der Waals surface area contributed by atoms with Crippen molar-refractivity contribution in [1.29, 1.82) is 0 Å². The maximum Gasteiger partial charge on any atom is 0.363 e. The molecule has 0 saturated carbocycles. The van der Waals surface area contributed by atoms with E-state index in [4.69, 9.17) is 18.9 Å². The molecule has 2 aromatic carbocycles. The number of hydrogen-bond acceptors (Lipinski definition) is 8. The van der Waals surface area contributed by atoms with Crippen molar-refractivity contribution in [2.24, 2.45) is 4.99 Å². The first-order valence-corrected chi connectivity index (χ1v) is 9.17. The third kappa shape index (κ3) is 4.96. The van der Waals surface area contributed by atoms with Gasteiger partial charge >= 0.3 is 11.9 Å². The molecule has 0 aromatic heterocycles. The van der Waals surface area contributed by atoms with Crippen molar-refractivity contribution in [2.45, 2.75) is 6.92 Å². The number of hydrogen-bond donors (Lipinski definition) is 0. The lowest BCUT2D eigenvalue weighted by atomic mass is 10.1. The van der Waals surface area contributed by atoms with E-state index in [9.17, 15) is 9.59 Å². The molecule has 0 fully saturated rings. The Morgan fingerprint density at radius 2 is 1.83 bits per heavy atom. The summed E-state index contributed by atoms with van der Waals surface area (Å²) in [4.78, 5) is 27.8. The average Bonchev–Trinajstić information content (AvgIpc) is 3.13. The van der Waals surface area contributed by atoms with Crippen molar-refractivity contribution in [3.8, 4) is 17.2 Å². The highest BCUT2D eigenvalue weighted by Gasteiger charge is 2.24. The van der Waals surface area contributed by atoms with Crippen LogP contribution >= 0.6 is 0 Å². The summed E-state index contributed by atoms with van der Waals surface area (Å²) >= 11 is 0.